The lowest BCUT2D eigenvalue weighted by atomic mass is 10.1. The molecule has 2 aromatic heterocycles. The second-order valence-corrected chi connectivity index (χ2v) is 5.68. The molecule has 3 nitrogen and oxygen atoms in total. The maximum atomic E-state index is 6.13. The fraction of sp³-hybridized carbons (Fsp3) is 0.0625. The molecule has 2 heterocycles. The van der Waals surface area contributed by atoms with Crippen molar-refractivity contribution in [1.82, 2.24) is 9.55 Å². The third-order valence-corrected chi connectivity index (χ3v) is 3.81. The average Bonchev–Trinajstić information content (AvgIpc) is 2.96. The van der Waals surface area contributed by atoms with Crippen molar-refractivity contribution in [2.45, 2.75) is 0 Å². The van der Waals surface area contributed by atoms with Gasteiger partial charge in [0.25, 0.3) is 0 Å². The highest BCUT2D eigenvalue weighted by molar-refractivity contribution is 9.10. The Morgan fingerprint density at radius 3 is 2.76 bits per heavy atom. The maximum Gasteiger partial charge on any atom is 0.138 e. The molecule has 0 atom stereocenters. The smallest absolute Gasteiger partial charge is 0.138 e. The summed E-state index contributed by atoms with van der Waals surface area (Å²) >= 11 is 9.52. The predicted octanol–water partition coefficient (Wildman–Crippen LogP) is 4.96. The van der Waals surface area contributed by atoms with Gasteiger partial charge in [0.1, 0.15) is 16.2 Å². The first-order valence-electron chi connectivity index (χ1n) is 6.33. The number of hydrogen-bond donors (Lipinski definition) is 0. The van der Waals surface area contributed by atoms with Gasteiger partial charge >= 0.3 is 0 Å². The Morgan fingerprint density at radius 1 is 1.14 bits per heavy atom. The zero-order chi connectivity index (χ0) is 14.8. The van der Waals surface area contributed by atoms with Crippen molar-refractivity contribution in [3.05, 3.63) is 64.4 Å². The molecular weight excluding hydrogens is 352 g/mol. The molecule has 0 amide bonds. The molecule has 0 radical (unpaired) electrons. The fourth-order valence-electron chi connectivity index (χ4n) is 2.21. The summed E-state index contributed by atoms with van der Waals surface area (Å²) in [6.07, 6.45) is 1.96. The van der Waals surface area contributed by atoms with Crippen LogP contribution >= 0.6 is 27.5 Å². The number of rotatable bonds is 3. The van der Waals surface area contributed by atoms with Crippen LogP contribution in [-0.2, 0) is 0 Å². The molecule has 0 aliphatic heterocycles. The standard InChI is InChI=1S/C16H12BrClN2O/c1-21-14-8-7-11(18)10-12(14)13-4-3-9-20(13)16-6-2-5-15(17)19-16/h2-10H,1H3. The van der Waals surface area contributed by atoms with Gasteiger partial charge in [-0.25, -0.2) is 4.98 Å². The SMILES string of the molecule is COc1ccc(Cl)cc1-c1cccn1-c1cccc(Br)n1. The van der Waals surface area contributed by atoms with Crippen molar-refractivity contribution in [2.75, 3.05) is 7.11 Å². The number of benzene rings is 1. The minimum absolute atomic E-state index is 0.667. The summed E-state index contributed by atoms with van der Waals surface area (Å²) < 4.78 is 8.23. The second-order valence-electron chi connectivity index (χ2n) is 4.43. The summed E-state index contributed by atoms with van der Waals surface area (Å²) in [6.45, 7) is 0. The van der Waals surface area contributed by atoms with Gasteiger partial charge in [0.2, 0.25) is 0 Å². The molecule has 0 saturated carbocycles. The molecule has 106 valence electrons. The van der Waals surface area contributed by atoms with Crippen LogP contribution in [0.2, 0.25) is 5.02 Å². The molecule has 0 spiro atoms. The fourth-order valence-corrected chi connectivity index (χ4v) is 2.72. The minimum atomic E-state index is 0.667. The first-order valence-corrected chi connectivity index (χ1v) is 7.50. The Bertz CT molecular complexity index is 785. The zero-order valence-electron chi connectivity index (χ0n) is 11.3. The quantitative estimate of drug-likeness (QED) is 0.615. The van der Waals surface area contributed by atoms with Gasteiger partial charge in [-0.3, -0.25) is 0 Å². The van der Waals surface area contributed by atoms with E-state index < -0.39 is 0 Å². The summed E-state index contributed by atoms with van der Waals surface area (Å²) in [7, 11) is 1.65. The van der Waals surface area contributed by atoms with Crippen LogP contribution in [0, 0.1) is 0 Å². The molecule has 0 fully saturated rings. The summed E-state index contributed by atoms with van der Waals surface area (Å²) in [4.78, 5) is 4.49. The maximum absolute atomic E-state index is 6.13. The lowest BCUT2D eigenvalue weighted by Crippen LogP contribution is -1.99. The van der Waals surface area contributed by atoms with Crippen LogP contribution in [0.1, 0.15) is 0 Å². The second kappa shape index (κ2) is 5.92. The van der Waals surface area contributed by atoms with Gasteiger partial charge in [-0.2, -0.15) is 0 Å². The van der Waals surface area contributed by atoms with Gasteiger partial charge in [0.15, 0.2) is 0 Å². The highest BCUT2D eigenvalue weighted by Gasteiger charge is 2.12. The van der Waals surface area contributed by atoms with Gasteiger partial charge < -0.3 is 9.30 Å². The van der Waals surface area contributed by atoms with Gasteiger partial charge in [-0.05, 0) is 58.4 Å². The van der Waals surface area contributed by atoms with E-state index >= 15 is 0 Å². The molecule has 1 aromatic carbocycles. The van der Waals surface area contributed by atoms with Crippen molar-refractivity contribution >= 4 is 27.5 Å². The van der Waals surface area contributed by atoms with Crippen LogP contribution in [0.25, 0.3) is 17.1 Å². The van der Waals surface area contributed by atoms with Gasteiger partial charge in [-0.1, -0.05) is 17.7 Å². The molecular formula is C16H12BrClN2O. The number of nitrogens with zero attached hydrogens (tertiary/aromatic N) is 2. The van der Waals surface area contributed by atoms with E-state index in [1.54, 1.807) is 7.11 Å². The molecule has 0 saturated heterocycles. The van der Waals surface area contributed by atoms with Crippen molar-refractivity contribution in [3.8, 4) is 22.8 Å². The first kappa shape index (κ1) is 14.2. The Balaban J connectivity index is 2.18. The highest BCUT2D eigenvalue weighted by atomic mass is 79.9. The lowest BCUT2D eigenvalue weighted by molar-refractivity contribution is 0.416. The average molecular weight is 364 g/mol. The van der Waals surface area contributed by atoms with E-state index in [4.69, 9.17) is 16.3 Å². The molecule has 0 aliphatic rings. The van der Waals surface area contributed by atoms with E-state index in [1.165, 1.54) is 0 Å². The zero-order valence-corrected chi connectivity index (χ0v) is 13.6. The molecule has 0 aliphatic carbocycles. The molecule has 3 aromatic rings. The number of ether oxygens (including phenoxy) is 1. The third kappa shape index (κ3) is 2.82. The van der Waals surface area contributed by atoms with E-state index in [0.29, 0.717) is 5.02 Å². The number of aromatic nitrogens is 2. The summed E-state index contributed by atoms with van der Waals surface area (Å²) in [5, 5.41) is 0.667. The van der Waals surface area contributed by atoms with E-state index in [0.717, 1.165) is 27.4 Å². The van der Waals surface area contributed by atoms with Crippen LogP contribution < -0.4 is 4.74 Å². The van der Waals surface area contributed by atoms with Crippen LogP contribution in [0.3, 0.4) is 0 Å². The topological polar surface area (TPSA) is 27.1 Å². The molecule has 5 heteroatoms. The van der Waals surface area contributed by atoms with Crippen LogP contribution in [-0.4, -0.2) is 16.7 Å². The normalized spacial score (nSPS) is 10.6. The van der Waals surface area contributed by atoms with Crippen LogP contribution in [0.4, 0.5) is 0 Å². The summed E-state index contributed by atoms with van der Waals surface area (Å²) in [5.74, 6) is 1.60. The molecule has 3 rings (SSSR count). The Labute approximate surface area is 136 Å². The number of pyridine rings is 1. The van der Waals surface area contributed by atoms with Gasteiger partial charge in [0.05, 0.1) is 12.8 Å². The molecule has 21 heavy (non-hydrogen) atoms. The van der Waals surface area contributed by atoms with E-state index in [9.17, 15) is 0 Å². The largest absolute Gasteiger partial charge is 0.496 e. The number of methoxy groups -OCH3 is 1. The van der Waals surface area contributed by atoms with Crippen molar-refractivity contribution in [2.24, 2.45) is 0 Å². The molecule has 0 N–H and O–H groups in total. The van der Waals surface area contributed by atoms with Gasteiger partial charge in [-0.15, -0.1) is 0 Å². The van der Waals surface area contributed by atoms with E-state index in [1.807, 2.05) is 59.3 Å². The van der Waals surface area contributed by atoms with Crippen LogP contribution in [0.5, 0.6) is 5.75 Å². The van der Waals surface area contributed by atoms with E-state index in [-0.39, 0.29) is 0 Å². The summed E-state index contributed by atoms with van der Waals surface area (Å²) in [6, 6.07) is 15.3. The minimum Gasteiger partial charge on any atom is -0.496 e. The van der Waals surface area contributed by atoms with Gasteiger partial charge in [0, 0.05) is 16.8 Å². The van der Waals surface area contributed by atoms with E-state index in [2.05, 4.69) is 20.9 Å². The first-order chi connectivity index (χ1) is 10.2. The van der Waals surface area contributed by atoms with Crippen molar-refractivity contribution in [1.29, 1.82) is 0 Å². The Kier molecular flexibility index (Phi) is 3.99. The predicted molar refractivity (Wildman–Crippen MR) is 88.3 cm³/mol. The Hall–Kier alpha value is -1.78. The monoisotopic (exact) mass is 362 g/mol. The lowest BCUT2D eigenvalue weighted by Gasteiger charge is -2.12. The number of halogens is 2. The Morgan fingerprint density at radius 2 is 2.00 bits per heavy atom. The summed E-state index contributed by atoms with van der Waals surface area (Å²) in [5.41, 5.74) is 1.90. The number of hydrogen-bond acceptors (Lipinski definition) is 2. The highest BCUT2D eigenvalue weighted by Crippen LogP contribution is 2.34. The third-order valence-electron chi connectivity index (χ3n) is 3.13. The van der Waals surface area contributed by atoms with Crippen LogP contribution in [0.15, 0.2) is 59.3 Å². The van der Waals surface area contributed by atoms with Crippen molar-refractivity contribution < 1.29 is 4.74 Å². The van der Waals surface area contributed by atoms with Crippen molar-refractivity contribution in [3.63, 3.8) is 0 Å². The molecule has 0 unspecified atom stereocenters. The molecule has 0 bridgehead atoms.